The van der Waals surface area contributed by atoms with Crippen molar-refractivity contribution in [2.24, 2.45) is 0 Å². The normalized spacial score (nSPS) is 10.0. The van der Waals surface area contributed by atoms with Gasteiger partial charge in [0.05, 0.1) is 5.02 Å². The number of amides is 1. The molecule has 0 aliphatic heterocycles. The number of halogens is 2. The Morgan fingerprint density at radius 2 is 1.74 bits per heavy atom. The van der Waals surface area contributed by atoms with Crippen LogP contribution in [0.1, 0.15) is 0 Å². The van der Waals surface area contributed by atoms with Crippen molar-refractivity contribution in [3.8, 4) is 5.75 Å². The van der Waals surface area contributed by atoms with Crippen molar-refractivity contribution in [3.63, 3.8) is 0 Å². The second-order valence-corrected chi connectivity index (χ2v) is 5.76. The van der Waals surface area contributed by atoms with Gasteiger partial charge in [-0.3, -0.25) is 4.79 Å². The van der Waals surface area contributed by atoms with Crippen LogP contribution in [0.4, 0.5) is 5.69 Å². The summed E-state index contributed by atoms with van der Waals surface area (Å²) in [4.78, 5) is 23.2. The van der Waals surface area contributed by atoms with E-state index in [4.69, 9.17) is 21.1 Å². The van der Waals surface area contributed by atoms with Gasteiger partial charge in [0, 0.05) is 10.2 Å². The van der Waals surface area contributed by atoms with Crippen molar-refractivity contribution in [1.82, 2.24) is 0 Å². The zero-order chi connectivity index (χ0) is 16.7. The van der Waals surface area contributed by atoms with E-state index in [9.17, 15) is 9.59 Å². The molecule has 0 aliphatic rings. The molecular formula is C16H13BrClNO4. The van der Waals surface area contributed by atoms with Crippen LogP contribution in [-0.4, -0.2) is 25.1 Å². The van der Waals surface area contributed by atoms with E-state index in [0.29, 0.717) is 16.5 Å². The van der Waals surface area contributed by atoms with E-state index in [1.165, 1.54) is 0 Å². The van der Waals surface area contributed by atoms with Gasteiger partial charge in [0.2, 0.25) is 0 Å². The van der Waals surface area contributed by atoms with Crippen molar-refractivity contribution in [2.45, 2.75) is 0 Å². The van der Waals surface area contributed by atoms with E-state index in [-0.39, 0.29) is 13.2 Å². The average Bonchev–Trinajstić information content (AvgIpc) is 2.54. The van der Waals surface area contributed by atoms with Crippen LogP contribution in [0.5, 0.6) is 5.75 Å². The number of anilines is 1. The van der Waals surface area contributed by atoms with E-state index < -0.39 is 11.9 Å². The third kappa shape index (κ3) is 5.92. The Kier molecular flexibility index (Phi) is 6.43. The third-order valence-electron chi connectivity index (χ3n) is 2.67. The van der Waals surface area contributed by atoms with Crippen LogP contribution in [0.2, 0.25) is 5.02 Å². The Morgan fingerprint density at radius 3 is 2.43 bits per heavy atom. The van der Waals surface area contributed by atoms with Gasteiger partial charge in [-0.25, -0.2) is 4.79 Å². The molecule has 0 aromatic heterocycles. The van der Waals surface area contributed by atoms with E-state index >= 15 is 0 Å². The standard InChI is InChI=1S/C16H13BrClNO4/c17-11-5-7-12(8-6-11)19-15(20)9-23-16(21)10-22-14-4-2-1-3-13(14)18/h1-8H,9-10H2,(H,19,20). The molecule has 0 spiro atoms. The number of para-hydroxylation sites is 1. The molecule has 120 valence electrons. The minimum absolute atomic E-state index is 0.324. The van der Waals surface area contributed by atoms with Gasteiger partial charge in [0.1, 0.15) is 5.75 Å². The molecule has 2 rings (SSSR count). The molecule has 0 radical (unpaired) electrons. The highest BCUT2D eigenvalue weighted by Crippen LogP contribution is 2.22. The van der Waals surface area contributed by atoms with Gasteiger partial charge in [-0.1, -0.05) is 39.7 Å². The Bertz CT molecular complexity index is 691. The fourth-order valence-electron chi connectivity index (χ4n) is 1.62. The monoisotopic (exact) mass is 397 g/mol. The summed E-state index contributed by atoms with van der Waals surface area (Å²) in [5, 5.41) is 3.01. The number of carbonyl (C=O) groups is 2. The molecule has 7 heteroatoms. The molecule has 5 nitrogen and oxygen atoms in total. The second-order valence-electron chi connectivity index (χ2n) is 4.43. The van der Waals surface area contributed by atoms with Crippen LogP contribution in [0.15, 0.2) is 53.0 Å². The lowest BCUT2D eigenvalue weighted by Gasteiger charge is -2.08. The highest BCUT2D eigenvalue weighted by Gasteiger charge is 2.10. The van der Waals surface area contributed by atoms with E-state index in [0.717, 1.165) is 4.47 Å². The first kappa shape index (κ1) is 17.3. The molecule has 0 aliphatic carbocycles. The molecule has 0 heterocycles. The van der Waals surface area contributed by atoms with E-state index in [1.54, 1.807) is 48.5 Å². The van der Waals surface area contributed by atoms with E-state index in [1.807, 2.05) is 0 Å². The van der Waals surface area contributed by atoms with Crippen LogP contribution in [0.25, 0.3) is 0 Å². The smallest absolute Gasteiger partial charge is 0.344 e. The fraction of sp³-hybridized carbons (Fsp3) is 0.125. The van der Waals surface area contributed by atoms with Crippen molar-refractivity contribution in [2.75, 3.05) is 18.5 Å². The van der Waals surface area contributed by atoms with E-state index in [2.05, 4.69) is 21.2 Å². The lowest BCUT2D eigenvalue weighted by atomic mass is 10.3. The van der Waals surface area contributed by atoms with Crippen molar-refractivity contribution >= 4 is 45.1 Å². The summed E-state index contributed by atoms with van der Waals surface area (Å²) in [6.07, 6.45) is 0. The Labute approximate surface area is 146 Å². The van der Waals surface area contributed by atoms with Gasteiger partial charge in [-0.15, -0.1) is 0 Å². The molecule has 0 fully saturated rings. The maximum atomic E-state index is 11.7. The summed E-state index contributed by atoms with van der Waals surface area (Å²) in [5.74, 6) is -0.709. The highest BCUT2D eigenvalue weighted by atomic mass is 79.9. The molecule has 2 aromatic rings. The quantitative estimate of drug-likeness (QED) is 0.754. The van der Waals surface area contributed by atoms with Gasteiger partial charge in [0.15, 0.2) is 13.2 Å². The second kappa shape index (κ2) is 8.55. The maximum Gasteiger partial charge on any atom is 0.344 e. The Hall–Kier alpha value is -2.05. The number of carbonyl (C=O) groups excluding carboxylic acids is 2. The zero-order valence-electron chi connectivity index (χ0n) is 11.9. The predicted molar refractivity (Wildman–Crippen MR) is 90.7 cm³/mol. The van der Waals surface area contributed by atoms with Gasteiger partial charge in [-0.2, -0.15) is 0 Å². The number of rotatable bonds is 6. The topological polar surface area (TPSA) is 64.6 Å². The zero-order valence-corrected chi connectivity index (χ0v) is 14.3. The lowest BCUT2D eigenvalue weighted by molar-refractivity contribution is -0.149. The molecule has 0 saturated carbocycles. The summed E-state index contributed by atoms with van der Waals surface area (Å²) >= 11 is 9.19. The summed E-state index contributed by atoms with van der Waals surface area (Å²) in [6, 6.07) is 13.8. The van der Waals surface area contributed by atoms with Crippen LogP contribution < -0.4 is 10.1 Å². The van der Waals surface area contributed by atoms with Crippen molar-refractivity contribution in [3.05, 3.63) is 58.0 Å². The summed E-state index contributed by atoms with van der Waals surface area (Å²) in [6.45, 7) is -0.712. The van der Waals surface area contributed by atoms with Gasteiger partial charge < -0.3 is 14.8 Å². The molecular weight excluding hydrogens is 386 g/mol. The molecule has 2 aromatic carbocycles. The highest BCUT2D eigenvalue weighted by molar-refractivity contribution is 9.10. The lowest BCUT2D eigenvalue weighted by Crippen LogP contribution is -2.23. The Balaban J connectivity index is 1.72. The number of ether oxygens (including phenoxy) is 2. The van der Waals surface area contributed by atoms with Crippen LogP contribution in [0, 0.1) is 0 Å². The van der Waals surface area contributed by atoms with Crippen LogP contribution in [-0.2, 0) is 14.3 Å². The molecule has 0 atom stereocenters. The molecule has 0 saturated heterocycles. The minimum atomic E-state index is -0.657. The third-order valence-corrected chi connectivity index (χ3v) is 3.52. The number of nitrogens with one attached hydrogen (secondary N) is 1. The first-order valence-corrected chi connectivity index (χ1v) is 7.80. The van der Waals surface area contributed by atoms with Gasteiger partial charge >= 0.3 is 5.97 Å². The van der Waals surface area contributed by atoms with Crippen molar-refractivity contribution < 1.29 is 19.1 Å². The average molecular weight is 399 g/mol. The predicted octanol–water partition coefficient (Wildman–Crippen LogP) is 3.66. The largest absolute Gasteiger partial charge is 0.480 e. The maximum absolute atomic E-state index is 11.7. The van der Waals surface area contributed by atoms with Gasteiger partial charge in [0.25, 0.3) is 5.91 Å². The fourth-order valence-corrected chi connectivity index (χ4v) is 2.07. The first-order valence-electron chi connectivity index (χ1n) is 6.63. The van der Waals surface area contributed by atoms with Crippen molar-refractivity contribution in [1.29, 1.82) is 0 Å². The van der Waals surface area contributed by atoms with Crippen LogP contribution in [0.3, 0.4) is 0 Å². The first-order chi connectivity index (χ1) is 11.0. The number of esters is 1. The summed E-state index contributed by atoms with van der Waals surface area (Å²) in [7, 11) is 0. The molecule has 1 N–H and O–H groups in total. The van der Waals surface area contributed by atoms with Crippen LogP contribution >= 0.6 is 27.5 Å². The molecule has 1 amide bonds. The number of benzene rings is 2. The Morgan fingerprint density at radius 1 is 1.04 bits per heavy atom. The SMILES string of the molecule is O=C(COC(=O)COc1ccccc1Cl)Nc1ccc(Br)cc1. The summed E-state index contributed by atoms with van der Waals surface area (Å²) < 4.78 is 11.0. The number of hydrogen-bond donors (Lipinski definition) is 1. The molecule has 23 heavy (non-hydrogen) atoms. The van der Waals surface area contributed by atoms with Gasteiger partial charge in [-0.05, 0) is 36.4 Å². The molecule has 0 bridgehead atoms. The molecule has 0 unspecified atom stereocenters. The minimum Gasteiger partial charge on any atom is -0.480 e. The summed E-state index contributed by atoms with van der Waals surface area (Å²) in [5.41, 5.74) is 0.613. The number of hydrogen-bond acceptors (Lipinski definition) is 4.